The number of nitrogens with zero attached hydrogens (tertiary/aromatic N) is 1. The van der Waals surface area contributed by atoms with Crippen LogP contribution in [0.5, 0.6) is 11.5 Å². The van der Waals surface area contributed by atoms with Gasteiger partial charge in [-0.3, -0.25) is 9.59 Å². The van der Waals surface area contributed by atoms with Crippen molar-refractivity contribution >= 4 is 11.8 Å². The predicted octanol–water partition coefficient (Wildman–Crippen LogP) is 1.48. The van der Waals surface area contributed by atoms with Crippen molar-refractivity contribution in [2.24, 2.45) is 5.92 Å². The molecule has 1 aliphatic heterocycles. The second-order valence-electron chi connectivity index (χ2n) is 5.60. The summed E-state index contributed by atoms with van der Waals surface area (Å²) >= 11 is 0. The third-order valence-electron chi connectivity index (χ3n) is 4.06. The number of hydrogen-bond acceptors (Lipinski definition) is 6. The molecule has 1 aromatic carbocycles. The summed E-state index contributed by atoms with van der Waals surface area (Å²) in [6.45, 7) is 2.96. The largest absolute Gasteiger partial charge is 0.493 e. The normalized spacial score (nSPS) is 21.8. The van der Waals surface area contributed by atoms with Crippen LogP contribution in [0.15, 0.2) is 18.2 Å². The minimum atomic E-state index is -0.744. The van der Waals surface area contributed by atoms with E-state index < -0.39 is 11.9 Å². The molecule has 2 atom stereocenters. The van der Waals surface area contributed by atoms with Crippen LogP contribution in [-0.4, -0.2) is 57.6 Å². The number of esters is 1. The number of carbonyl (C=O) groups excluding carboxylic acids is 2. The van der Waals surface area contributed by atoms with Gasteiger partial charge in [0.25, 0.3) is 0 Å². The Morgan fingerprint density at radius 2 is 1.91 bits per heavy atom. The molecule has 6 nitrogen and oxygen atoms in total. The van der Waals surface area contributed by atoms with Gasteiger partial charge >= 0.3 is 5.97 Å². The molecule has 1 aliphatic rings. The predicted molar refractivity (Wildman–Crippen MR) is 84.9 cm³/mol. The van der Waals surface area contributed by atoms with Gasteiger partial charge in [0.05, 0.1) is 26.7 Å². The Labute approximate surface area is 136 Å². The first-order valence-electron chi connectivity index (χ1n) is 7.62. The molecular formula is C17H23NO5. The van der Waals surface area contributed by atoms with Crippen LogP contribution in [0, 0.1) is 5.92 Å². The molecule has 2 rings (SSSR count). The Morgan fingerprint density at radius 1 is 1.22 bits per heavy atom. The van der Waals surface area contributed by atoms with E-state index in [2.05, 4.69) is 0 Å². The van der Waals surface area contributed by atoms with Crippen LogP contribution in [-0.2, 0) is 14.3 Å². The molecule has 1 heterocycles. The highest BCUT2D eigenvalue weighted by atomic mass is 16.5. The maximum absolute atomic E-state index is 12.7. The zero-order chi connectivity index (χ0) is 17.0. The molecular weight excluding hydrogens is 298 g/mol. The van der Waals surface area contributed by atoms with Gasteiger partial charge in [-0.1, -0.05) is 6.07 Å². The molecule has 23 heavy (non-hydrogen) atoms. The summed E-state index contributed by atoms with van der Waals surface area (Å²) in [6, 6.07) is 5.41. The van der Waals surface area contributed by atoms with Crippen molar-refractivity contribution in [1.29, 1.82) is 0 Å². The highest BCUT2D eigenvalue weighted by Gasteiger charge is 2.40. The van der Waals surface area contributed by atoms with Crippen molar-refractivity contribution in [3.8, 4) is 11.5 Å². The van der Waals surface area contributed by atoms with E-state index in [0.29, 0.717) is 24.6 Å². The first-order chi connectivity index (χ1) is 11.0. The number of ether oxygens (including phenoxy) is 3. The van der Waals surface area contributed by atoms with Gasteiger partial charge in [0.15, 0.2) is 17.3 Å². The number of Topliss-reactive ketones (excluding diaryl/α,β-unsaturated/α-hetero) is 1. The third-order valence-corrected chi connectivity index (χ3v) is 4.06. The lowest BCUT2D eigenvalue weighted by Gasteiger charge is -2.33. The molecule has 0 aromatic heterocycles. The quantitative estimate of drug-likeness (QED) is 0.605. The summed E-state index contributed by atoms with van der Waals surface area (Å²) in [7, 11) is 5.01. The fourth-order valence-electron chi connectivity index (χ4n) is 2.89. The first kappa shape index (κ1) is 17.3. The number of likely N-dealkylation sites (tertiary alicyclic amines) is 1. The Balaban J connectivity index is 2.30. The van der Waals surface area contributed by atoms with Gasteiger partial charge < -0.3 is 19.1 Å². The fraction of sp³-hybridized carbons (Fsp3) is 0.529. The van der Waals surface area contributed by atoms with Crippen LogP contribution in [0.1, 0.15) is 18.4 Å². The molecule has 1 aromatic rings. The van der Waals surface area contributed by atoms with Crippen molar-refractivity contribution in [1.82, 2.24) is 4.90 Å². The summed E-state index contributed by atoms with van der Waals surface area (Å²) in [5.41, 5.74) is 0.813. The number of ketones is 1. The van der Waals surface area contributed by atoms with Crippen molar-refractivity contribution in [2.45, 2.75) is 12.8 Å². The van der Waals surface area contributed by atoms with E-state index in [1.165, 1.54) is 0 Å². The van der Waals surface area contributed by atoms with E-state index in [-0.39, 0.29) is 18.3 Å². The Morgan fingerprint density at radius 3 is 2.52 bits per heavy atom. The molecule has 126 valence electrons. The maximum Gasteiger partial charge on any atom is 0.317 e. The van der Waals surface area contributed by atoms with Crippen molar-refractivity contribution in [2.75, 3.05) is 41.0 Å². The number of methoxy groups -OCH3 is 2. The molecule has 1 saturated heterocycles. The smallest absolute Gasteiger partial charge is 0.317 e. The van der Waals surface area contributed by atoms with Gasteiger partial charge in [-0.25, -0.2) is 0 Å². The van der Waals surface area contributed by atoms with Gasteiger partial charge in [-0.05, 0) is 31.7 Å². The van der Waals surface area contributed by atoms with E-state index >= 15 is 0 Å². The molecule has 0 N–H and O–H groups in total. The Bertz CT molecular complexity index is 586. The molecule has 2 unspecified atom stereocenters. The second-order valence-corrected chi connectivity index (χ2v) is 5.60. The fourth-order valence-corrected chi connectivity index (χ4v) is 2.89. The van der Waals surface area contributed by atoms with Crippen molar-refractivity contribution in [3.05, 3.63) is 23.8 Å². The van der Waals surface area contributed by atoms with Crippen LogP contribution < -0.4 is 9.47 Å². The van der Waals surface area contributed by atoms with Crippen LogP contribution in [0.2, 0.25) is 0 Å². The summed E-state index contributed by atoms with van der Waals surface area (Å²) in [6.07, 6.45) is 0. The number of piperidine rings is 1. The molecule has 0 amide bonds. The zero-order valence-electron chi connectivity index (χ0n) is 14.0. The molecule has 0 bridgehead atoms. The van der Waals surface area contributed by atoms with Crippen molar-refractivity contribution in [3.63, 3.8) is 0 Å². The zero-order valence-corrected chi connectivity index (χ0v) is 14.0. The van der Waals surface area contributed by atoms with Gasteiger partial charge in [-0.15, -0.1) is 0 Å². The lowest BCUT2D eigenvalue weighted by atomic mass is 9.83. The Hall–Kier alpha value is -2.08. The number of likely N-dealkylation sites (N-methyl/N-ethyl adjacent to an activating group) is 1. The second kappa shape index (κ2) is 7.46. The third kappa shape index (κ3) is 3.64. The average molecular weight is 321 g/mol. The molecule has 1 fully saturated rings. The lowest BCUT2D eigenvalue weighted by Crippen LogP contribution is -2.47. The highest BCUT2D eigenvalue weighted by Crippen LogP contribution is 2.34. The van der Waals surface area contributed by atoms with E-state index in [9.17, 15) is 9.59 Å². The minimum Gasteiger partial charge on any atom is -0.493 e. The van der Waals surface area contributed by atoms with E-state index in [1.54, 1.807) is 33.3 Å². The van der Waals surface area contributed by atoms with Crippen molar-refractivity contribution < 1.29 is 23.8 Å². The van der Waals surface area contributed by atoms with Crippen LogP contribution in [0.3, 0.4) is 0 Å². The molecule has 0 spiro atoms. The van der Waals surface area contributed by atoms with Gasteiger partial charge in [0.2, 0.25) is 0 Å². The summed E-state index contributed by atoms with van der Waals surface area (Å²) in [5, 5.41) is 0. The highest BCUT2D eigenvalue weighted by molar-refractivity contribution is 6.03. The van der Waals surface area contributed by atoms with Crippen LogP contribution in [0.25, 0.3) is 0 Å². The number of hydrogen-bond donors (Lipinski definition) is 0. The maximum atomic E-state index is 12.7. The summed E-state index contributed by atoms with van der Waals surface area (Å²) in [5.74, 6) is -0.508. The number of benzene rings is 1. The number of carbonyl (C=O) groups is 2. The van der Waals surface area contributed by atoms with Gasteiger partial charge in [0.1, 0.15) is 5.92 Å². The molecule has 0 aliphatic carbocycles. The first-order valence-corrected chi connectivity index (χ1v) is 7.62. The minimum absolute atomic E-state index is 0.103. The monoisotopic (exact) mass is 321 g/mol. The lowest BCUT2D eigenvalue weighted by molar-refractivity contribution is -0.154. The van der Waals surface area contributed by atoms with Gasteiger partial charge in [-0.2, -0.15) is 0 Å². The summed E-state index contributed by atoms with van der Waals surface area (Å²) in [4.78, 5) is 26.8. The topological polar surface area (TPSA) is 65.1 Å². The number of rotatable bonds is 5. The molecule has 0 radical (unpaired) electrons. The molecule has 6 heteroatoms. The van der Waals surface area contributed by atoms with Crippen LogP contribution >= 0.6 is 0 Å². The van der Waals surface area contributed by atoms with Crippen LogP contribution in [0.4, 0.5) is 0 Å². The average Bonchev–Trinajstić information content (AvgIpc) is 2.56. The molecule has 0 saturated carbocycles. The SMILES string of the molecule is CCOC(=O)C1CN(C)CC(c2ccc(OC)c(OC)c2)C1=O. The van der Waals surface area contributed by atoms with E-state index in [0.717, 1.165) is 5.56 Å². The standard InChI is InChI=1S/C17H23NO5/c1-5-23-17(20)13-10-18(2)9-12(16(13)19)11-6-7-14(21-3)15(8-11)22-4/h6-8,12-13H,5,9-10H2,1-4H3. The van der Waals surface area contributed by atoms with E-state index in [4.69, 9.17) is 14.2 Å². The summed E-state index contributed by atoms with van der Waals surface area (Å²) < 4.78 is 15.6. The van der Waals surface area contributed by atoms with Gasteiger partial charge in [0, 0.05) is 13.1 Å². The van der Waals surface area contributed by atoms with E-state index in [1.807, 2.05) is 18.0 Å². The Kier molecular flexibility index (Phi) is 5.60.